The summed E-state index contributed by atoms with van der Waals surface area (Å²) in [7, 11) is 0. The van der Waals surface area contributed by atoms with Crippen molar-refractivity contribution in [1.29, 1.82) is 0 Å². The van der Waals surface area contributed by atoms with Gasteiger partial charge in [0.25, 0.3) is 0 Å². The highest BCUT2D eigenvalue weighted by atomic mass is 35.5. The van der Waals surface area contributed by atoms with Gasteiger partial charge < -0.3 is 10.4 Å². The predicted molar refractivity (Wildman–Crippen MR) is 79.2 cm³/mol. The van der Waals surface area contributed by atoms with Crippen molar-refractivity contribution in [1.82, 2.24) is 5.32 Å². The van der Waals surface area contributed by atoms with Crippen molar-refractivity contribution >= 4 is 11.6 Å². The van der Waals surface area contributed by atoms with E-state index in [1.54, 1.807) is 12.1 Å². The number of hydrogen-bond donors (Lipinski definition) is 2. The van der Waals surface area contributed by atoms with E-state index in [9.17, 15) is 13.9 Å². The largest absolute Gasteiger partial charge is 0.387 e. The summed E-state index contributed by atoms with van der Waals surface area (Å²) < 4.78 is 27.1. The minimum Gasteiger partial charge on any atom is -0.387 e. The molecule has 0 amide bonds. The molecule has 0 radical (unpaired) electrons. The summed E-state index contributed by atoms with van der Waals surface area (Å²) in [5.74, 6) is -1.49. The Kier molecular flexibility index (Phi) is 5.28. The van der Waals surface area contributed by atoms with Crippen molar-refractivity contribution in [3.8, 4) is 0 Å². The third-order valence-corrected chi connectivity index (χ3v) is 3.57. The van der Waals surface area contributed by atoms with Gasteiger partial charge in [-0.2, -0.15) is 0 Å². The average molecular weight is 312 g/mol. The van der Waals surface area contributed by atoms with Crippen LogP contribution >= 0.6 is 11.6 Å². The third kappa shape index (κ3) is 4.00. The summed E-state index contributed by atoms with van der Waals surface area (Å²) in [4.78, 5) is 0. The van der Waals surface area contributed by atoms with Gasteiger partial charge in [0.05, 0.1) is 11.7 Å². The number of nitrogens with one attached hydrogen (secondary N) is 1. The van der Waals surface area contributed by atoms with Crippen molar-refractivity contribution < 1.29 is 13.9 Å². The topological polar surface area (TPSA) is 32.3 Å². The second kappa shape index (κ2) is 6.98. The molecule has 0 aliphatic carbocycles. The maximum absolute atomic E-state index is 13.6. The van der Waals surface area contributed by atoms with Crippen LogP contribution in [0, 0.1) is 11.6 Å². The molecule has 0 saturated carbocycles. The van der Waals surface area contributed by atoms with Crippen molar-refractivity contribution in [3.05, 3.63) is 70.2 Å². The van der Waals surface area contributed by atoms with Crippen LogP contribution in [0.2, 0.25) is 5.02 Å². The Hall–Kier alpha value is -1.49. The zero-order chi connectivity index (χ0) is 15.4. The van der Waals surface area contributed by atoms with Crippen molar-refractivity contribution in [2.75, 3.05) is 6.54 Å². The first-order chi connectivity index (χ1) is 9.99. The number of hydrogen-bond acceptors (Lipinski definition) is 2. The van der Waals surface area contributed by atoms with Crippen LogP contribution in [0.5, 0.6) is 0 Å². The van der Waals surface area contributed by atoms with E-state index >= 15 is 0 Å². The molecule has 0 saturated heterocycles. The summed E-state index contributed by atoms with van der Waals surface area (Å²) in [6, 6.07) is 10.7. The van der Waals surface area contributed by atoms with Crippen LogP contribution in [0.15, 0.2) is 42.5 Å². The van der Waals surface area contributed by atoms with Crippen molar-refractivity contribution in [2.24, 2.45) is 0 Å². The molecule has 112 valence electrons. The zero-order valence-electron chi connectivity index (χ0n) is 11.5. The number of aliphatic hydroxyl groups excluding tert-OH is 1. The molecule has 2 rings (SSSR count). The number of rotatable bonds is 5. The minimum absolute atomic E-state index is 0.0433. The molecular weight excluding hydrogens is 296 g/mol. The predicted octanol–water partition coefficient (Wildman–Crippen LogP) is 4.00. The Morgan fingerprint density at radius 2 is 1.67 bits per heavy atom. The van der Waals surface area contributed by atoms with Crippen LogP contribution in [-0.2, 0) is 0 Å². The van der Waals surface area contributed by atoms with Crippen LogP contribution in [0.25, 0.3) is 0 Å². The minimum atomic E-state index is -1.25. The first-order valence-electron chi connectivity index (χ1n) is 6.60. The van der Waals surface area contributed by atoms with Gasteiger partial charge in [-0.1, -0.05) is 29.8 Å². The molecule has 2 aromatic rings. The lowest BCUT2D eigenvalue weighted by Crippen LogP contribution is -2.25. The van der Waals surface area contributed by atoms with E-state index in [0.29, 0.717) is 5.02 Å². The first kappa shape index (κ1) is 15.9. The van der Waals surface area contributed by atoms with Gasteiger partial charge in [0.15, 0.2) is 0 Å². The molecule has 0 spiro atoms. The number of benzene rings is 2. The van der Waals surface area contributed by atoms with Gasteiger partial charge in [-0.25, -0.2) is 8.78 Å². The lowest BCUT2D eigenvalue weighted by Gasteiger charge is -2.18. The van der Waals surface area contributed by atoms with Gasteiger partial charge in [0, 0.05) is 17.6 Å². The molecule has 2 atom stereocenters. The molecule has 1 unspecified atom stereocenters. The Morgan fingerprint density at radius 3 is 2.24 bits per heavy atom. The molecule has 0 fully saturated rings. The van der Waals surface area contributed by atoms with Gasteiger partial charge in [0.2, 0.25) is 0 Å². The molecule has 0 aliphatic heterocycles. The SMILES string of the molecule is C[C@H](NCC(O)c1c(F)cccc1F)c1ccc(Cl)cc1. The Balaban J connectivity index is 2.00. The molecule has 5 heteroatoms. The van der Waals surface area contributed by atoms with E-state index in [1.807, 2.05) is 19.1 Å². The van der Waals surface area contributed by atoms with Gasteiger partial charge in [-0.3, -0.25) is 0 Å². The molecule has 0 aromatic heterocycles. The highest BCUT2D eigenvalue weighted by Crippen LogP contribution is 2.21. The Morgan fingerprint density at radius 1 is 1.10 bits per heavy atom. The van der Waals surface area contributed by atoms with Gasteiger partial charge in [0.1, 0.15) is 11.6 Å². The van der Waals surface area contributed by atoms with Gasteiger partial charge in [-0.05, 0) is 36.8 Å². The summed E-state index contributed by atoms with van der Waals surface area (Å²) in [5, 5.41) is 13.6. The van der Waals surface area contributed by atoms with E-state index in [-0.39, 0.29) is 18.2 Å². The first-order valence-corrected chi connectivity index (χ1v) is 6.97. The Bertz CT molecular complexity index is 583. The summed E-state index contributed by atoms with van der Waals surface area (Å²) >= 11 is 5.82. The molecular formula is C16H16ClF2NO. The summed E-state index contributed by atoms with van der Waals surface area (Å²) in [5.41, 5.74) is 0.661. The monoisotopic (exact) mass is 311 g/mol. The van der Waals surface area contributed by atoms with Crippen LogP contribution in [-0.4, -0.2) is 11.7 Å². The smallest absolute Gasteiger partial charge is 0.131 e. The molecule has 0 bridgehead atoms. The van der Waals surface area contributed by atoms with Crippen molar-refractivity contribution in [2.45, 2.75) is 19.1 Å². The zero-order valence-corrected chi connectivity index (χ0v) is 12.2. The second-order valence-electron chi connectivity index (χ2n) is 4.83. The quantitative estimate of drug-likeness (QED) is 0.874. The molecule has 2 N–H and O–H groups in total. The summed E-state index contributed by atoms with van der Waals surface area (Å²) in [6.07, 6.45) is -1.25. The van der Waals surface area contributed by atoms with Gasteiger partial charge >= 0.3 is 0 Å². The normalized spacial score (nSPS) is 14.0. The van der Waals surface area contributed by atoms with Crippen molar-refractivity contribution in [3.63, 3.8) is 0 Å². The highest BCUT2D eigenvalue weighted by Gasteiger charge is 2.18. The second-order valence-corrected chi connectivity index (χ2v) is 5.27. The maximum Gasteiger partial charge on any atom is 0.131 e. The van der Waals surface area contributed by atoms with Crippen LogP contribution < -0.4 is 5.32 Å². The molecule has 2 aromatic carbocycles. The molecule has 0 heterocycles. The fourth-order valence-corrected chi connectivity index (χ4v) is 2.21. The molecule has 2 nitrogen and oxygen atoms in total. The van der Waals surface area contributed by atoms with E-state index in [4.69, 9.17) is 11.6 Å². The van der Waals surface area contributed by atoms with Crippen LogP contribution in [0.1, 0.15) is 30.2 Å². The van der Waals surface area contributed by atoms with E-state index in [1.165, 1.54) is 6.07 Å². The standard InChI is InChI=1S/C16H16ClF2NO/c1-10(11-5-7-12(17)8-6-11)20-9-15(21)16-13(18)3-2-4-14(16)19/h2-8,10,15,20-21H,9H2,1H3/t10-,15?/m0/s1. The number of aliphatic hydroxyl groups is 1. The highest BCUT2D eigenvalue weighted by molar-refractivity contribution is 6.30. The lowest BCUT2D eigenvalue weighted by atomic mass is 10.1. The molecule has 0 aliphatic rings. The fourth-order valence-electron chi connectivity index (χ4n) is 2.09. The van der Waals surface area contributed by atoms with Gasteiger partial charge in [-0.15, -0.1) is 0 Å². The van der Waals surface area contributed by atoms with E-state index in [2.05, 4.69) is 5.32 Å². The number of halogens is 3. The lowest BCUT2D eigenvalue weighted by molar-refractivity contribution is 0.161. The van der Waals surface area contributed by atoms with E-state index in [0.717, 1.165) is 17.7 Å². The maximum atomic E-state index is 13.6. The Labute approximate surface area is 127 Å². The average Bonchev–Trinajstić information content (AvgIpc) is 2.45. The van der Waals surface area contributed by atoms with Crippen LogP contribution in [0.3, 0.4) is 0 Å². The molecule has 21 heavy (non-hydrogen) atoms. The van der Waals surface area contributed by atoms with E-state index < -0.39 is 17.7 Å². The third-order valence-electron chi connectivity index (χ3n) is 3.32. The summed E-state index contributed by atoms with van der Waals surface area (Å²) in [6.45, 7) is 1.94. The van der Waals surface area contributed by atoms with Crippen LogP contribution in [0.4, 0.5) is 8.78 Å². The fraction of sp³-hybridized carbons (Fsp3) is 0.250.